The van der Waals surface area contributed by atoms with E-state index in [9.17, 15) is 19.2 Å². The van der Waals surface area contributed by atoms with Crippen LogP contribution in [0.3, 0.4) is 0 Å². The first kappa shape index (κ1) is 16.6. The molecule has 1 fully saturated rings. The normalized spacial score (nSPS) is 16.0. The van der Waals surface area contributed by atoms with Crippen molar-refractivity contribution in [2.45, 2.75) is 5.92 Å². The number of anilines is 1. The number of hydrogen-bond acceptors (Lipinski definition) is 6. The Morgan fingerprint density at radius 3 is 2.12 bits per heavy atom. The molecule has 6 nitrogen and oxygen atoms in total. The van der Waals surface area contributed by atoms with Crippen LogP contribution in [0.4, 0.5) is 5.69 Å². The van der Waals surface area contributed by atoms with Crippen LogP contribution in [0.25, 0.3) is 10.2 Å². The molecule has 3 aromatic rings. The Balaban J connectivity index is 1.75. The quantitative estimate of drug-likeness (QED) is 0.385. The van der Waals surface area contributed by atoms with E-state index in [4.69, 9.17) is 11.6 Å². The third-order valence-electron chi connectivity index (χ3n) is 3.99. The third-order valence-corrected chi connectivity index (χ3v) is 5.35. The van der Waals surface area contributed by atoms with Crippen molar-refractivity contribution in [3.8, 4) is 0 Å². The largest absolute Gasteiger partial charge is 0.302 e. The zero-order valence-corrected chi connectivity index (χ0v) is 14.6. The molecule has 0 atom stereocenters. The monoisotopic (exact) mass is 384 g/mol. The zero-order valence-electron chi connectivity index (χ0n) is 13.0. The van der Waals surface area contributed by atoms with E-state index in [1.54, 1.807) is 24.3 Å². The lowest BCUT2D eigenvalue weighted by Crippen LogP contribution is -2.54. The molecule has 0 radical (unpaired) electrons. The molecule has 2 aromatic carbocycles. The fraction of sp³-hybridized carbons (Fsp3) is 0.0556. The maximum atomic E-state index is 12.6. The lowest BCUT2D eigenvalue weighted by atomic mass is 9.93. The van der Waals surface area contributed by atoms with Gasteiger partial charge in [-0.15, -0.1) is 11.3 Å². The van der Waals surface area contributed by atoms with Gasteiger partial charge in [0.25, 0.3) is 0 Å². The fourth-order valence-corrected chi connectivity index (χ4v) is 3.93. The van der Waals surface area contributed by atoms with Crippen LogP contribution in [0.5, 0.6) is 0 Å². The number of benzene rings is 2. The average Bonchev–Trinajstić information content (AvgIpc) is 3.05. The summed E-state index contributed by atoms with van der Waals surface area (Å²) in [6, 6.07) is 12.8. The molecule has 8 heteroatoms. The van der Waals surface area contributed by atoms with Crippen molar-refractivity contribution in [2.75, 3.05) is 4.90 Å². The van der Waals surface area contributed by atoms with Crippen LogP contribution in [-0.4, -0.2) is 28.4 Å². The summed E-state index contributed by atoms with van der Waals surface area (Å²) in [7, 11) is 0. The number of fused-ring (bicyclic) bond motifs is 1. The van der Waals surface area contributed by atoms with E-state index in [1.807, 2.05) is 0 Å². The van der Waals surface area contributed by atoms with Crippen molar-refractivity contribution in [2.24, 2.45) is 0 Å². The van der Waals surface area contributed by atoms with Gasteiger partial charge in [0.05, 0.1) is 15.9 Å². The van der Waals surface area contributed by atoms with Crippen LogP contribution in [0.2, 0.25) is 5.02 Å². The zero-order chi connectivity index (χ0) is 18.4. The number of para-hydroxylation sites is 1. The molecular formula is C18H9ClN2O4S. The molecule has 0 saturated carbocycles. The number of imide groups is 1. The molecule has 2 amide bonds. The van der Waals surface area contributed by atoms with E-state index in [-0.39, 0.29) is 10.7 Å². The Bertz CT molecular complexity index is 1030. The number of rotatable bonds is 2. The molecule has 1 aromatic heterocycles. The number of thiazole rings is 1. The van der Waals surface area contributed by atoms with Gasteiger partial charge in [0.2, 0.25) is 11.6 Å². The minimum Gasteiger partial charge on any atom is -0.287 e. The van der Waals surface area contributed by atoms with Gasteiger partial charge in [0.15, 0.2) is 0 Å². The first-order valence-corrected chi connectivity index (χ1v) is 8.74. The van der Waals surface area contributed by atoms with Crippen LogP contribution in [0.1, 0.15) is 10.9 Å². The highest BCUT2D eigenvalue weighted by molar-refractivity contribution is 7.19. The fourth-order valence-electron chi connectivity index (χ4n) is 2.74. The number of nitrogens with zero attached hydrogens (tertiary/aromatic N) is 2. The molecule has 0 bridgehead atoms. The molecule has 0 N–H and O–H groups in total. The van der Waals surface area contributed by atoms with Crippen molar-refractivity contribution < 1.29 is 19.2 Å². The van der Waals surface area contributed by atoms with Gasteiger partial charge in [-0.3, -0.25) is 19.2 Å². The van der Waals surface area contributed by atoms with E-state index >= 15 is 0 Å². The molecule has 0 aliphatic carbocycles. The van der Waals surface area contributed by atoms with Crippen molar-refractivity contribution in [3.05, 3.63) is 58.6 Å². The van der Waals surface area contributed by atoms with Gasteiger partial charge < -0.3 is 0 Å². The van der Waals surface area contributed by atoms with Crippen molar-refractivity contribution in [1.29, 1.82) is 0 Å². The predicted molar refractivity (Wildman–Crippen MR) is 96.3 cm³/mol. The number of hydrogen-bond donors (Lipinski definition) is 0. The number of carbonyl (C=O) groups is 4. The second-order valence-electron chi connectivity index (χ2n) is 5.60. The number of Topliss-reactive ketones (excluding diaryl/α,β-unsaturated/α-hetero) is 2. The Labute approximate surface area is 156 Å². The molecule has 1 aliphatic rings. The van der Waals surface area contributed by atoms with Crippen LogP contribution in [-0.2, 0) is 19.2 Å². The molecular weight excluding hydrogens is 376 g/mol. The Morgan fingerprint density at radius 1 is 0.885 bits per heavy atom. The summed E-state index contributed by atoms with van der Waals surface area (Å²) in [5.74, 6) is -5.54. The third kappa shape index (κ3) is 2.53. The summed E-state index contributed by atoms with van der Waals surface area (Å²) in [5, 5.41) is 0.550. The topological polar surface area (TPSA) is 84.4 Å². The van der Waals surface area contributed by atoms with E-state index in [1.165, 1.54) is 24.3 Å². The van der Waals surface area contributed by atoms with E-state index < -0.39 is 29.3 Å². The average molecular weight is 385 g/mol. The lowest BCUT2D eigenvalue weighted by Gasteiger charge is -2.26. The lowest BCUT2D eigenvalue weighted by molar-refractivity contribution is -0.149. The number of amides is 2. The number of carbonyl (C=O) groups excluding carboxylic acids is 4. The summed E-state index contributed by atoms with van der Waals surface area (Å²) < 4.78 is 0.767. The van der Waals surface area contributed by atoms with Gasteiger partial charge in [0.1, 0.15) is 10.9 Å². The van der Waals surface area contributed by atoms with Crippen LogP contribution >= 0.6 is 22.9 Å². The molecule has 26 heavy (non-hydrogen) atoms. The summed E-state index contributed by atoms with van der Waals surface area (Å²) in [6.45, 7) is 0. The number of piperidine rings is 1. The number of aromatic nitrogens is 1. The molecule has 1 saturated heterocycles. The van der Waals surface area contributed by atoms with Crippen LogP contribution < -0.4 is 4.90 Å². The summed E-state index contributed by atoms with van der Waals surface area (Å²) in [6.07, 6.45) is 0. The van der Waals surface area contributed by atoms with Crippen molar-refractivity contribution in [3.63, 3.8) is 0 Å². The van der Waals surface area contributed by atoms with E-state index in [2.05, 4.69) is 4.98 Å². The second kappa shape index (κ2) is 6.12. The first-order chi connectivity index (χ1) is 12.5. The molecule has 2 heterocycles. The SMILES string of the molecule is O=C1C(=O)N(c2ccc(Cl)cc2)C(=O)C(=O)C1c1nc2ccccc2s1. The Morgan fingerprint density at radius 2 is 1.50 bits per heavy atom. The molecule has 0 unspecified atom stereocenters. The van der Waals surface area contributed by atoms with Crippen molar-refractivity contribution in [1.82, 2.24) is 4.98 Å². The maximum Gasteiger partial charge on any atom is 0.302 e. The molecule has 1 aliphatic heterocycles. The Kier molecular flexibility index (Phi) is 3.90. The summed E-state index contributed by atoms with van der Waals surface area (Å²) >= 11 is 6.91. The molecule has 0 spiro atoms. The van der Waals surface area contributed by atoms with Gasteiger partial charge in [-0.2, -0.15) is 0 Å². The standard InChI is InChI=1S/C18H9ClN2O4S/c19-9-5-7-10(8-6-9)21-17(24)14(22)13(15(23)18(21)25)16-20-11-3-1-2-4-12(11)26-16/h1-8,13H. The van der Waals surface area contributed by atoms with Gasteiger partial charge in [-0.05, 0) is 36.4 Å². The summed E-state index contributed by atoms with van der Waals surface area (Å²) in [5.41, 5.74) is 0.724. The minimum atomic E-state index is -1.49. The highest BCUT2D eigenvalue weighted by Gasteiger charge is 2.49. The van der Waals surface area contributed by atoms with Gasteiger partial charge >= 0.3 is 11.8 Å². The van der Waals surface area contributed by atoms with Crippen LogP contribution in [0.15, 0.2) is 48.5 Å². The first-order valence-electron chi connectivity index (χ1n) is 7.55. The Hall–Kier alpha value is -2.90. The van der Waals surface area contributed by atoms with Crippen molar-refractivity contribution >= 4 is 62.2 Å². The van der Waals surface area contributed by atoms with E-state index in [0.717, 1.165) is 16.0 Å². The van der Waals surface area contributed by atoms with Gasteiger partial charge in [-0.25, -0.2) is 9.88 Å². The highest BCUT2D eigenvalue weighted by Crippen LogP contribution is 2.33. The number of halogens is 1. The predicted octanol–water partition coefficient (Wildman–Crippen LogP) is 2.74. The minimum absolute atomic E-state index is 0.119. The van der Waals surface area contributed by atoms with E-state index in [0.29, 0.717) is 15.4 Å². The maximum absolute atomic E-state index is 12.6. The van der Waals surface area contributed by atoms with Gasteiger partial charge in [-0.1, -0.05) is 23.7 Å². The second-order valence-corrected chi connectivity index (χ2v) is 7.10. The summed E-state index contributed by atoms with van der Waals surface area (Å²) in [4.78, 5) is 55.0. The van der Waals surface area contributed by atoms with Crippen LogP contribution in [0, 0.1) is 0 Å². The van der Waals surface area contributed by atoms with Gasteiger partial charge in [0, 0.05) is 5.02 Å². The smallest absolute Gasteiger partial charge is 0.287 e. The highest BCUT2D eigenvalue weighted by atomic mass is 35.5. The molecule has 4 rings (SSSR count). The molecule has 128 valence electrons. The number of ketones is 2.